The maximum absolute atomic E-state index is 10.5. The average molecular weight is 258 g/mol. The molecular weight excluding hydrogens is 252 g/mol. The molecule has 0 bridgehead atoms. The zero-order valence-electron chi connectivity index (χ0n) is 9.39. The molecule has 0 saturated carbocycles. The smallest absolute Gasteiger partial charge is 0.397 e. The number of furan rings is 1. The zero-order chi connectivity index (χ0) is 13.2. The Morgan fingerprint density at radius 3 is 2.84 bits per heavy atom. The van der Waals surface area contributed by atoms with Gasteiger partial charge in [-0.05, 0) is 18.2 Å². The van der Waals surface area contributed by atoms with Crippen LogP contribution in [-0.4, -0.2) is 20.0 Å². The molecule has 3 heterocycles. The van der Waals surface area contributed by atoms with Gasteiger partial charge >= 0.3 is 5.88 Å². The van der Waals surface area contributed by atoms with Gasteiger partial charge in [-0.25, -0.2) is 0 Å². The van der Waals surface area contributed by atoms with E-state index in [2.05, 4.69) is 15.1 Å². The van der Waals surface area contributed by atoms with Crippen molar-refractivity contribution in [2.24, 2.45) is 0 Å². The van der Waals surface area contributed by atoms with Crippen molar-refractivity contribution in [3.8, 4) is 23.0 Å². The predicted molar refractivity (Wildman–Crippen MR) is 61.9 cm³/mol. The average Bonchev–Trinajstić information content (AvgIpc) is 3.09. The highest BCUT2D eigenvalue weighted by molar-refractivity contribution is 5.55. The van der Waals surface area contributed by atoms with Crippen molar-refractivity contribution in [1.82, 2.24) is 15.1 Å². The minimum atomic E-state index is -0.633. The molecule has 0 aliphatic carbocycles. The fourth-order valence-electron chi connectivity index (χ4n) is 1.48. The molecule has 3 aromatic rings. The molecule has 0 N–H and O–H groups in total. The van der Waals surface area contributed by atoms with Gasteiger partial charge in [-0.1, -0.05) is 5.16 Å². The Morgan fingerprint density at radius 1 is 1.26 bits per heavy atom. The van der Waals surface area contributed by atoms with Gasteiger partial charge < -0.3 is 8.94 Å². The highest BCUT2D eigenvalue weighted by Gasteiger charge is 2.18. The summed E-state index contributed by atoms with van der Waals surface area (Å²) in [7, 11) is 0. The van der Waals surface area contributed by atoms with Crippen LogP contribution in [0.15, 0.2) is 45.6 Å². The lowest BCUT2D eigenvalue weighted by Gasteiger charge is -1.89. The van der Waals surface area contributed by atoms with Crippen molar-refractivity contribution in [1.29, 1.82) is 0 Å². The summed E-state index contributed by atoms with van der Waals surface area (Å²) in [5.74, 6) is 0.211. The van der Waals surface area contributed by atoms with Crippen LogP contribution in [0.5, 0.6) is 0 Å². The topological polar surface area (TPSA) is 108 Å². The van der Waals surface area contributed by atoms with Crippen LogP contribution in [0.2, 0.25) is 0 Å². The number of hydrogen-bond donors (Lipinski definition) is 0. The quantitative estimate of drug-likeness (QED) is 0.523. The Hall–Kier alpha value is -3.03. The van der Waals surface area contributed by atoms with Gasteiger partial charge in [-0.3, -0.25) is 15.1 Å². The summed E-state index contributed by atoms with van der Waals surface area (Å²) in [6, 6.07) is 6.14. The minimum Gasteiger partial charge on any atom is -0.397 e. The van der Waals surface area contributed by atoms with Crippen molar-refractivity contribution >= 4 is 5.88 Å². The summed E-state index contributed by atoms with van der Waals surface area (Å²) in [5, 5.41) is 14.2. The summed E-state index contributed by atoms with van der Waals surface area (Å²) < 4.78 is 10.0. The van der Waals surface area contributed by atoms with Crippen molar-refractivity contribution in [2.75, 3.05) is 0 Å². The summed E-state index contributed by atoms with van der Waals surface area (Å²) in [6.07, 6.45) is 3.19. The number of hydrogen-bond acceptors (Lipinski definition) is 7. The third-order valence-corrected chi connectivity index (χ3v) is 2.33. The molecule has 0 fully saturated rings. The molecule has 0 aromatic carbocycles. The van der Waals surface area contributed by atoms with Crippen LogP contribution in [0.4, 0.5) is 5.88 Å². The van der Waals surface area contributed by atoms with E-state index in [4.69, 9.17) is 8.94 Å². The third-order valence-electron chi connectivity index (χ3n) is 2.33. The van der Waals surface area contributed by atoms with E-state index in [1.807, 2.05) is 0 Å². The normalized spacial score (nSPS) is 10.5. The maximum atomic E-state index is 10.5. The second kappa shape index (κ2) is 4.33. The Kier molecular flexibility index (Phi) is 2.53. The molecule has 0 amide bonds. The first-order valence-corrected chi connectivity index (χ1v) is 5.23. The lowest BCUT2D eigenvalue weighted by Crippen LogP contribution is -1.83. The number of aromatic nitrogens is 3. The first-order chi connectivity index (χ1) is 9.24. The van der Waals surface area contributed by atoms with E-state index in [0.29, 0.717) is 5.56 Å². The third kappa shape index (κ3) is 2.06. The minimum absolute atomic E-state index is 0.145. The van der Waals surface area contributed by atoms with E-state index in [1.54, 1.807) is 24.5 Å². The van der Waals surface area contributed by atoms with E-state index < -0.39 is 4.92 Å². The van der Waals surface area contributed by atoms with Crippen molar-refractivity contribution < 1.29 is 13.9 Å². The van der Waals surface area contributed by atoms with Gasteiger partial charge in [0, 0.05) is 12.4 Å². The molecule has 8 nitrogen and oxygen atoms in total. The van der Waals surface area contributed by atoms with Gasteiger partial charge in [0.05, 0.1) is 11.6 Å². The molecule has 19 heavy (non-hydrogen) atoms. The molecule has 0 atom stereocenters. The highest BCUT2D eigenvalue weighted by atomic mass is 16.6. The van der Waals surface area contributed by atoms with Crippen LogP contribution in [0, 0.1) is 10.1 Å². The number of nitro groups is 1. The van der Waals surface area contributed by atoms with Gasteiger partial charge in [-0.15, -0.1) is 0 Å². The van der Waals surface area contributed by atoms with Crippen molar-refractivity contribution in [3.05, 3.63) is 46.8 Å². The Balaban J connectivity index is 1.94. The largest absolute Gasteiger partial charge is 0.433 e. The first-order valence-electron chi connectivity index (χ1n) is 5.23. The van der Waals surface area contributed by atoms with Gasteiger partial charge in [0.15, 0.2) is 5.76 Å². The van der Waals surface area contributed by atoms with Gasteiger partial charge in [-0.2, -0.15) is 4.98 Å². The molecule has 8 heteroatoms. The van der Waals surface area contributed by atoms with Gasteiger partial charge in [0.1, 0.15) is 4.92 Å². The second-order valence-electron chi connectivity index (χ2n) is 3.56. The molecule has 0 radical (unpaired) electrons. The van der Waals surface area contributed by atoms with E-state index in [1.165, 1.54) is 12.1 Å². The predicted octanol–water partition coefficient (Wildman–Crippen LogP) is 2.30. The van der Waals surface area contributed by atoms with Crippen LogP contribution < -0.4 is 0 Å². The Labute approximate surface area is 105 Å². The van der Waals surface area contributed by atoms with Crippen molar-refractivity contribution in [3.63, 3.8) is 0 Å². The summed E-state index contributed by atoms with van der Waals surface area (Å²) in [5.41, 5.74) is 0.655. The van der Waals surface area contributed by atoms with Crippen molar-refractivity contribution in [2.45, 2.75) is 0 Å². The summed E-state index contributed by atoms with van der Waals surface area (Å²) in [4.78, 5) is 17.9. The van der Waals surface area contributed by atoms with Crippen LogP contribution in [0.3, 0.4) is 0 Å². The molecule has 0 saturated heterocycles. The molecule has 0 aliphatic heterocycles. The van der Waals surface area contributed by atoms with E-state index >= 15 is 0 Å². The fraction of sp³-hybridized carbons (Fsp3) is 0. The van der Waals surface area contributed by atoms with Crippen LogP contribution in [-0.2, 0) is 0 Å². The first kappa shape index (κ1) is 11.1. The molecule has 3 rings (SSSR count). The van der Waals surface area contributed by atoms with E-state index in [-0.39, 0.29) is 23.4 Å². The molecule has 0 aliphatic rings. The van der Waals surface area contributed by atoms with E-state index in [0.717, 1.165) is 0 Å². The second-order valence-corrected chi connectivity index (χ2v) is 3.56. The lowest BCUT2D eigenvalue weighted by atomic mass is 10.3. The van der Waals surface area contributed by atoms with Crippen LogP contribution in [0.25, 0.3) is 23.0 Å². The lowest BCUT2D eigenvalue weighted by molar-refractivity contribution is -0.401. The van der Waals surface area contributed by atoms with Gasteiger partial charge in [0.2, 0.25) is 5.82 Å². The van der Waals surface area contributed by atoms with E-state index in [9.17, 15) is 10.1 Å². The van der Waals surface area contributed by atoms with Crippen LogP contribution in [0.1, 0.15) is 0 Å². The molecule has 94 valence electrons. The van der Waals surface area contributed by atoms with Crippen LogP contribution >= 0.6 is 0 Å². The number of rotatable bonds is 3. The monoisotopic (exact) mass is 258 g/mol. The molecule has 0 unspecified atom stereocenters. The number of pyridine rings is 1. The number of nitrogens with zero attached hydrogens (tertiary/aromatic N) is 4. The SMILES string of the molecule is O=[N+]([O-])c1ccc(-c2noc(-c3cccnc3)n2)o1. The Bertz CT molecular complexity index is 719. The Morgan fingerprint density at radius 2 is 2.16 bits per heavy atom. The highest BCUT2D eigenvalue weighted by Crippen LogP contribution is 2.25. The molecule has 3 aromatic heterocycles. The maximum Gasteiger partial charge on any atom is 0.433 e. The summed E-state index contributed by atoms with van der Waals surface area (Å²) >= 11 is 0. The fourth-order valence-corrected chi connectivity index (χ4v) is 1.48. The summed E-state index contributed by atoms with van der Waals surface area (Å²) in [6.45, 7) is 0. The molecular formula is C11H6N4O4. The zero-order valence-corrected chi connectivity index (χ0v) is 9.39. The standard InChI is InChI=1S/C11H6N4O4/c16-15(17)9-4-3-8(18-9)10-13-11(19-14-10)7-2-1-5-12-6-7/h1-6H. The molecule has 0 spiro atoms. The van der Waals surface area contributed by atoms with Gasteiger partial charge in [0.25, 0.3) is 5.89 Å².